The van der Waals surface area contributed by atoms with Crippen LogP contribution < -0.4 is 11.1 Å². The molecule has 238 valence electrons. The van der Waals surface area contributed by atoms with Crippen LogP contribution in [0.4, 0.5) is 13.2 Å². The summed E-state index contributed by atoms with van der Waals surface area (Å²) in [7, 11) is 0. The highest BCUT2D eigenvalue weighted by molar-refractivity contribution is 7.17. The lowest BCUT2D eigenvalue weighted by atomic mass is 9.93. The molecule has 13 heteroatoms. The van der Waals surface area contributed by atoms with Crippen molar-refractivity contribution in [1.29, 1.82) is 0 Å². The van der Waals surface area contributed by atoms with Crippen molar-refractivity contribution >= 4 is 23.2 Å². The predicted octanol–water partition coefficient (Wildman–Crippen LogP) is 6.06. The standard InChI is InChI=1S/C34H26F3N5O4S/c35-18-7-3-16(4-8-18)5-9-23-27(31-40-34(45)46-41-31)28(29-30(38-23)24-2-1-13-42(24)33(29)44)25-11-12-26(47-25)32(43)39-22-10-6-17-14-20(36)21(37)15-19(17)22/h3-4,7-8,11-12,14-15,22,24H,1-2,5-6,9-10,13H2,(H,39,43)(H,40,41,45)/t22-,24-/m0/s1. The number of aromatic amines is 1. The second-order valence-electron chi connectivity index (χ2n) is 12.0. The van der Waals surface area contributed by atoms with E-state index in [0.29, 0.717) is 81.2 Å². The lowest BCUT2D eigenvalue weighted by molar-refractivity contribution is 0.0776. The molecular weight excluding hydrogens is 631 g/mol. The van der Waals surface area contributed by atoms with E-state index < -0.39 is 29.3 Å². The number of aromatic nitrogens is 3. The molecule has 1 aliphatic carbocycles. The quantitative estimate of drug-likeness (QED) is 0.220. The van der Waals surface area contributed by atoms with Crippen LogP contribution in [0.15, 0.2) is 57.8 Å². The lowest BCUT2D eigenvalue weighted by Crippen LogP contribution is -2.26. The first-order valence-corrected chi connectivity index (χ1v) is 16.1. The summed E-state index contributed by atoms with van der Waals surface area (Å²) in [5.41, 5.74) is 4.62. The Hall–Kier alpha value is -5.04. The van der Waals surface area contributed by atoms with Crippen molar-refractivity contribution in [3.8, 4) is 21.8 Å². The SMILES string of the molecule is O=C(N[C@H]1CCc2cc(F)c(F)cc21)c1ccc(-c2c3c(nc(CCc4ccc(F)cc4)c2-c2noc(=O)[nH]2)[C@@H]2CCCN2C3=O)s1. The molecule has 2 N–H and O–H groups in total. The number of amides is 2. The van der Waals surface area contributed by atoms with E-state index >= 15 is 0 Å². The molecule has 8 rings (SSSR count). The van der Waals surface area contributed by atoms with Crippen LogP contribution in [-0.4, -0.2) is 38.4 Å². The molecule has 0 spiro atoms. The second-order valence-corrected chi connectivity index (χ2v) is 13.1. The third kappa shape index (κ3) is 5.05. The fourth-order valence-corrected chi connectivity index (χ4v) is 8.02. The molecule has 3 aromatic heterocycles. The molecule has 1 saturated heterocycles. The second kappa shape index (κ2) is 11.3. The maximum Gasteiger partial charge on any atom is 0.439 e. The van der Waals surface area contributed by atoms with Gasteiger partial charge >= 0.3 is 5.76 Å². The highest BCUT2D eigenvalue weighted by Gasteiger charge is 2.44. The number of H-pyrrole nitrogens is 1. The summed E-state index contributed by atoms with van der Waals surface area (Å²) in [6, 6.07) is 11.2. The minimum absolute atomic E-state index is 0.102. The molecule has 2 aromatic carbocycles. The molecule has 5 heterocycles. The zero-order chi connectivity index (χ0) is 32.4. The van der Waals surface area contributed by atoms with Crippen molar-refractivity contribution in [2.24, 2.45) is 0 Å². The highest BCUT2D eigenvalue weighted by Crippen LogP contribution is 2.48. The van der Waals surface area contributed by atoms with E-state index in [-0.39, 0.29) is 23.6 Å². The Kier molecular flexibility index (Phi) is 7.08. The number of benzene rings is 2. The van der Waals surface area contributed by atoms with Gasteiger partial charge in [-0.15, -0.1) is 11.3 Å². The molecule has 9 nitrogen and oxygen atoms in total. The largest absolute Gasteiger partial charge is 0.439 e. The molecule has 47 heavy (non-hydrogen) atoms. The van der Waals surface area contributed by atoms with Crippen molar-refractivity contribution in [2.75, 3.05) is 6.54 Å². The van der Waals surface area contributed by atoms with Crippen molar-refractivity contribution in [1.82, 2.24) is 25.3 Å². The average Bonchev–Trinajstić information content (AvgIpc) is 3.89. The summed E-state index contributed by atoms with van der Waals surface area (Å²) in [5, 5.41) is 6.93. The number of aryl methyl sites for hydroxylation is 3. The zero-order valence-electron chi connectivity index (χ0n) is 24.7. The highest BCUT2D eigenvalue weighted by atomic mass is 32.1. The number of carbonyl (C=O) groups is 2. The van der Waals surface area contributed by atoms with Gasteiger partial charge in [0.1, 0.15) is 5.82 Å². The van der Waals surface area contributed by atoms with E-state index in [0.717, 1.165) is 35.8 Å². The number of hydrogen-bond donors (Lipinski definition) is 2. The topological polar surface area (TPSA) is 121 Å². The first-order chi connectivity index (χ1) is 22.7. The molecule has 2 aliphatic heterocycles. The molecule has 1 fully saturated rings. The number of rotatable bonds is 7. The number of fused-ring (bicyclic) bond motifs is 4. The van der Waals surface area contributed by atoms with Gasteiger partial charge in [-0.1, -0.05) is 17.3 Å². The number of pyridine rings is 1. The third-order valence-corrected chi connectivity index (χ3v) is 10.3. The minimum atomic E-state index is -0.964. The van der Waals surface area contributed by atoms with E-state index in [1.165, 1.54) is 18.2 Å². The van der Waals surface area contributed by atoms with E-state index in [2.05, 4.69) is 15.5 Å². The maximum atomic E-state index is 14.0. The summed E-state index contributed by atoms with van der Waals surface area (Å²) in [5.74, 6) is -3.47. The van der Waals surface area contributed by atoms with Gasteiger partial charge in [0.15, 0.2) is 17.5 Å². The number of carbonyl (C=O) groups excluding carboxylic acids is 2. The van der Waals surface area contributed by atoms with Gasteiger partial charge in [0.05, 0.1) is 39.5 Å². The van der Waals surface area contributed by atoms with E-state index in [1.54, 1.807) is 29.2 Å². The van der Waals surface area contributed by atoms with Crippen LogP contribution >= 0.6 is 11.3 Å². The molecule has 3 aliphatic rings. The number of nitrogens with one attached hydrogen (secondary N) is 2. The zero-order valence-corrected chi connectivity index (χ0v) is 25.6. The Bertz CT molecular complexity index is 2140. The summed E-state index contributed by atoms with van der Waals surface area (Å²) in [6.45, 7) is 0.589. The lowest BCUT2D eigenvalue weighted by Gasteiger charge is -2.16. The van der Waals surface area contributed by atoms with E-state index in [4.69, 9.17) is 9.51 Å². The maximum absolute atomic E-state index is 14.0. The molecule has 0 radical (unpaired) electrons. The molecular formula is C34H26F3N5O4S. The number of thiophene rings is 1. The number of nitrogens with zero attached hydrogens (tertiary/aromatic N) is 3. The van der Waals surface area contributed by atoms with Crippen molar-refractivity contribution in [3.63, 3.8) is 0 Å². The van der Waals surface area contributed by atoms with E-state index in [9.17, 15) is 27.6 Å². The molecule has 2 atom stereocenters. The number of halogens is 3. The van der Waals surface area contributed by atoms with Gasteiger partial charge in [-0.05, 0) is 91.6 Å². The van der Waals surface area contributed by atoms with Gasteiger partial charge in [-0.2, -0.15) is 0 Å². The smallest absolute Gasteiger partial charge is 0.345 e. The Labute approximate surface area is 269 Å². The summed E-state index contributed by atoms with van der Waals surface area (Å²) in [4.78, 5) is 50.0. The van der Waals surface area contributed by atoms with Crippen LogP contribution in [0.25, 0.3) is 21.8 Å². The van der Waals surface area contributed by atoms with Crippen LogP contribution in [0.5, 0.6) is 0 Å². The van der Waals surface area contributed by atoms with Crippen LogP contribution in [0.2, 0.25) is 0 Å². The summed E-state index contributed by atoms with van der Waals surface area (Å²) >= 11 is 1.16. The molecule has 0 unspecified atom stereocenters. The Morgan fingerprint density at radius 1 is 1.00 bits per heavy atom. The van der Waals surface area contributed by atoms with Gasteiger partial charge in [0.25, 0.3) is 11.8 Å². The average molecular weight is 658 g/mol. The van der Waals surface area contributed by atoms with Gasteiger partial charge in [-0.25, -0.2) is 18.0 Å². The summed E-state index contributed by atoms with van der Waals surface area (Å²) in [6.07, 6.45) is 3.50. The van der Waals surface area contributed by atoms with Crippen LogP contribution in [0.3, 0.4) is 0 Å². The fraction of sp³-hybridized carbons (Fsp3) is 0.265. The van der Waals surface area contributed by atoms with Crippen molar-refractivity contribution < 1.29 is 27.3 Å². The van der Waals surface area contributed by atoms with Crippen LogP contribution in [0, 0.1) is 17.5 Å². The molecule has 2 amide bonds. The van der Waals surface area contributed by atoms with Gasteiger partial charge in [0.2, 0.25) is 0 Å². The molecule has 0 bridgehead atoms. The minimum Gasteiger partial charge on any atom is -0.345 e. The van der Waals surface area contributed by atoms with Crippen molar-refractivity contribution in [2.45, 2.75) is 50.6 Å². The number of hydrogen-bond acceptors (Lipinski definition) is 7. The monoisotopic (exact) mass is 657 g/mol. The summed E-state index contributed by atoms with van der Waals surface area (Å²) < 4.78 is 46.3. The first-order valence-electron chi connectivity index (χ1n) is 15.3. The third-order valence-electron chi connectivity index (χ3n) is 9.23. The predicted molar refractivity (Wildman–Crippen MR) is 165 cm³/mol. The van der Waals surface area contributed by atoms with Gasteiger partial charge in [0, 0.05) is 17.0 Å². The molecule has 5 aromatic rings. The normalized spacial score (nSPS) is 18.0. The van der Waals surface area contributed by atoms with Gasteiger partial charge in [-0.3, -0.25) is 24.1 Å². The van der Waals surface area contributed by atoms with Crippen LogP contribution in [-0.2, 0) is 19.3 Å². The Morgan fingerprint density at radius 3 is 2.60 bits per heavy atom. The Morgan fingerprint density at radius 2 is 1.81 bits per heavy atom. The fourth-order valence-electron chi connectivity index (χ4n) is 7.06. The molecule has 0 saturated carbocycles. The van der Waals surface area contributed by atoms with Crippen LogP contribution in [0.1, 0.15) is 79.5 Å². The Balaban J connectivity index is 1.21. The van der Waals surface area contributed by atoms with Gasteiger partial charge < -0.3 is 10.2 Å². The first kappa shape index (κ1) is 29.4. The van der Waals surface area contributed by atoms with E-state index in [1.807, 2.05) is 0 Å². The van der Waals surface area contributed by atoms with Crippen molar-refractivity contribution in [3.05, 3.63) is 115 Å².